The predicted molar refractivity (Wildman–Crippen MR) is 96.0 cm³/mol. The average molecular weight is 392 g/mol. The zero-order chi connectivity index (χ0) is 17.5. The lowest BCUT2D eigenvalue weighted by atomic mass is 10.2. The van der Waals surface area contributed by atoms with Crippen LogP contribution in [-0.4, -0.2) is 25.4 Å². The topological polar surface area (TPSA) is 64.6 Å². The molecule has 1 amide bonds. The van der Waals surface area contributed by atoms with Gasteiger partial charge in [0.1, 0.15) is 0 Å². The zero-order valence-corrected chi connectivity index (χ0v) is 15.1. The summed E-state index contributed by atoms with van der Waals surface area (Å²) in [6.45, 7) is 4.00. The van der Waals surface area contributed by atoms with Gasteiger partial charge >= 0.3 is 0 Å². The van der Waals surface area contributed by atoms with Crippen molar-refractivity contribution in [1.29, 1.82) is 0 Å². The van der Waals surface area contributed by atoms with Gasteiger partial charge in [0.2, 0.25) is 0 Å². The molecule has 0 atom stereocenters. The summed E-state index contributed by atoms with van der Waals surface area (Å²) in [4.78, 5) is 23.1. The summed E-state index contributed by atoms with van der Waals surface area (Å²) in [6.07, 6.45) is 0.723. The SMILES string of the molecule is CCOc1cc(C=O)c(Br)cc1OCC(=O)Nc1ccccc1C. The maximum absolute atomic E-state index is 12.1. The molecule has 6 heteroatoms. The van der Waals surface area contributed by atoms with Crippen LogP contribution in [0, 0.1) is 6.92 Å². The fraction of sp³-hybridized carbons (Fsp3) is 0.222. The van der Waals surface area contributed by atoms with Gasteiger partial charge in [0.15, 0.2) is 24.4 Å². The summed E-state index contributed by atoms with van der Waals surface area (Å²) in [5.74, 6) is 0.545. The van der Waals surface area contributed by atoms with Crippen molar-refractivity contribution in [1.82, 2.24) is 0 Å². The molecule has 5 nitrogen and oxygen atoms in total. The minimum Gasteiger partial charge on any atom is -0.490 e. The Morgan fingerprint density at radius 3 is 2.58 bits per heavy atom. The number of ether oxygens (including phenoxy) is 2. The highest BCUT2D eigenvalue weighted by Gasteiger charge is 2.12. The summed E-state index contributed by atoms with van der Waals surface area (Å²) >= 11 is 3.30. The Kier molecular flexibility index (Phi) is 6.37. The molecule has 0 fully saturated rings. The Morgan fingerprint density at radius 2 is 1.92 bits per heavy atom. The van der Waals surface area contributed by atoms with Crippen molar-refractivity contribution in [3.63, 3.8) is 0 Å². The first kappa shape index (κ1) is 18.0. The van der Waals surface area contributed by atoms with Crippen LogP contribution in [0.5, 0.6) is 11.5 Å². The van der Waals surface area contributed by atoms with E-state index in [1.165, 1.54) is 0 Å². The number of aryl methyl sites for hydroxylation is 1. The lowest BCUT2D eigenvalue weighted by molar-refractivity contribution is -0.118. The van der Waals surface area contributed by atoms with E-state index in [-0.39, 0.29) is 12.5 Å². The minimum absolute atomic E-state index is 0.165. The number of carbonyl (C=O) groups is 2. The highest BCUT2D eigenvalue weighted by molar-refractivity contribution is 9.10. The van der Waals surface area contributed by atoms with E-state index in [9.17, 15) is 9.59 Å². The van der Waals surface area contributed by atoms with Crippen LogP contribution in [0.25, 0.3) is 0 Å². The Morgan fingerprint density at radius 1 is 1.21 bits per heavy atom. The van der Waals surface area contributed by atoms with Crippen molar-refractivity contribution >= 4 is 33.8 Å². The monoisotopic (exact) mass is 391 g/mol. The molecular formula is C18H18BrNO4. The second-order valence-corrected chi connectivity index (χ2v) is 5.88. The van der Waals surface area contributed by atoms with Gasteiger partial charge in [-0.25, -0.2) is 0 Å². The second kappa shape index (κ2) is 8.49. The molecule has 0 unspecified atom stereocenters. The fourth-order valence-corrected chi connectivity index (χ4v) is 2.48. The molecular weight excluding hydrogens is 374 g/mol. The molecule has 0 aliphatic carbocycles. The van der Waals surface area contributed by atoms with Crippen molar-refractivity contribution in [3.05, 3.63) is 52.0 Å². The van der Waals surface area contributed by atoms with Crippen molar-refractivity contribution in [2.45, 2.75) is 13.8 Å². The van der Waals surface area contributed by atoms with Gasteiger partial charge in [0.25, 0.3) is 5.91 Å². The van der Waals surface area contributed by atoms with Crippen molar-refractivity contribution in [3.8, 4) is 11.5 Å². The van der Waals surface area contributed by atoms with E-state index < -0.39 is 0 Å². The molecule has 0 aliphatic rings. The number of nitrogens with one attached hydrogen (secondary N) is 1. The molecule has 2 rings (SSSR count). The molecule has 24 heavy (non-hydrogen) atoms. The third kappa shape index (κ3) is 4.58. The summed E-state index contributed by atoms with van der Waals surface area (Å²) in [5.41, 5.74) is 2.17. The van der Waals surface area contributed by atoms with E-state index in [4.69, 9.17) is 9.47 Å². The lowest BCUT2D eigenvalue weighted by Gasteiger charge is -2.14. The van der Waals surface area contributed by atoms with Crippen molar-refractivity contribution < 1.29 is 19.1 Å². The van der Waals surface area contributed by atoms with Crippen LogP contribution in [-0.2, 0) is 4.79 Å². The van der Waals surface area contributed by atoms with Gasteiger partial charge in [-0.2, -0.15) is 0 Å². The molecule has 2 aromatic carbocycles. The molecule has 2 aromatic rings. The van der Waals surface area contributed by atoms with Gasteiger partial charge in [-0.05, 0) is 53.5 Å². The molecule has 1 N–H and O–H groups in total. The fourth-order valence-electron chi connectivity index (χ4n) is 2.07. The number of hydrogen-bond donors (Lipinski definition) is 1. The number of benzene rings is 2. The molecule has 0 aliphatic heterocycles. The van der Waals surface area contributed by atoms with Crippen LogP contribution < -0.4 is 14.8 Å². The predicted octanol–water partition coefficient (Wildman–Crippen LogP) is 3.99. The molecule has 0 spiro atoms. The van der Waals surface area contributed by atoms with E-state index in [1.807, 2.05) is 38.1 Å². The number of amides is 1. The normalized spacial score (nSPS) is 10.1. The highest BCUT2D eigenvalue weighted by Crippen LogP contribution is 2.33. The standard InChI is InChI=1S/C18H18BrNO4/c1-3-23-16-8-13(10-21)14(19)9-17(16)24-11-18(22)20-15-7-5-4-6-12(15)2/h4-10H,3,11H2,1-2H3,(H,20,22). The van der Waals surface area contributed by atoms with Gasteiger partial charge in [-0.3, -0.25) is 9.59 Å². The molecule has 0 radical (unpaired) electrons. The minimum atomic E-state index is -0.276. The quantitative estimate of drug-likeness (QED) is 0.724. The van der Waals surface area contributed by atoms with Crippen molar-refractivity contribution in [2.24, 2.45) is 0 Å². The molecule has 0 saturated carbocycles. The molecule has 0 bridgehead atoms. The average Bonchev–Trinajstić information content (AvgIpc) is 2.57. The number of anilines is 1. The number of hydrogen-bond acceptors (Lipinski definition) is 4. The number of rotatable bonds is 7. The molecule has 0 saturated heterocycles. The van der Waals surface area contributed by atoms with E-state index in [0.29, 0.717) is 28.1 Å². The second-order valence-electron chi connectivity index (χ2n) is 5.02. The Hall–Kier alpha value is -2.34. The Labute approximate surface area is 149 Å². The van der Waals surface area contributed by atoms with E-state index in [2.05, 4.69) is 21.2 Å². The van der Waals surface area contributed by atoms with Crippen LogP contribution in [0.1, 0.15) is 22.8 Å². The number of para-hydroxylation sites is 1. The highest BCUT2D eigenvalue weighted by atomic mass is 79.9. The molecule has 0 aromatic heterocycles. The van der Waals surface area contributed by atoms with Crippen LogP contribution in [0.2, 0.25) is 0 Å². The number of halogens is 1. The van der Waals surface area contributed by atoms with Gasteiger partial charge in [-0.15, -0.1) is 0 Å². The molecule has 126 valence electrons. The lowest BCUT2D eigenvalue weighted by Crippen LogP contribution is -2.20. The molecule has 0 heterocycles. The van der Waals surface area contributed by atoms with E-state index in [1.54, 1.807) is 12.1 Å². The van der Waals surface area contributed by atoms with Crippen LogP contribution >= 0.6 is 15.9 Å². The summed E-state index contributed by atoms with van der Waals surface area (Å²) in [7, 11) is 0. The maximum atomic E-state index is 12.1. The first-order valence-electron chi connectivity index (χ1n) is 7.45. The van der Waals surface area contributed by atoms with Gasteiger partial charge in [0, 0.05) is 15.7 Å². The van der Waals surface area contributed by atoms with Gasteiger partial charge in [-0.1, -0.05) is 18.2 Å². The van der Waals surface area contributed by atoms with Crippen molar-refractivity contribution in [2.75, 3.05) is 18.5 Å². The first-order valence-corrected chi connectivity index (χ1v) is 8.24. The van der Waals surface area contributed by atoms with E-state index in [0.717, 1.165) is 17.5 Å². The third-order valence-electron chi connectivity index (χ3n) is 3.27. The maximum Gasteiger partial charge on any atom is 0.262 e. The van der Waals surface area contributed by atoms with E-state index >= 15 is 0 Å². The van der Waals surface area contributed by atoms with Crippen LogP contribution in [0.4, 0.5) is 5.69 Å². The zero-order valence-electron chi connectivity index (χ0n) is 13.5. The first-order chi connectivity index (χ1) is 11.5. The third-order valence-corrected chi connectivity index (χ3v) is 3.95. The Balaban J connectivity index is 2.08. The number of carbonyl (C=O) groups excluding carboxylic acids is 2. The number of aldehydes is 1. The smallest absolute Gasteiger partial charge is 0.262 e. The van der Waals surface area contributed by atoms with Crippen LogP contribution in [0.15, 0.2) is 40.9 Å². The summed E-state index contributed by atoms with van der Waals surface area (Å²) < 4.78 is 11.6. The van der Waals surface area contributed by atoms with Gasteiger partial charge < -0.3 is 14.8 Å². The van der Waals surface area contributed by atoms with Gasteiger partial charge in [0.05, 0.1) is 6.61 Å². The summed E-state index contributed by atoms with van der Waals surface area (Å²) in [6, 6.07) is 10.7. The summed E-state index contributed by atoms with van der Waals surface area (Å²) in [5, 5.41) is 2.80. The van der Waals surface area contributed by atoms with Crippen LogP contribution in [0.3, 0.4) is 0 Å². The largest absolute Gasteiger partial charge is 0.490 e. The Bertz CT molecular complexity index is 746.